The molecule has 0 unspecified atom stereocenters. The molecule has 1 aromatic carbocycles. The fraction of sp³-hybridized carbons (Fsp3) is 0.400. The summed E-state index contributed by atoms with van der Waals surface area (Å²) in [7, 11) is 1.58. The fourth-order valence-corrected chi connectivity index (χ4v) is 6.13. The van der Waals surface area contributed by atoms with E-state index in [0.29, 0.717) is 44.2 Å². The highest BCUT2D eigenvalue weighted by Crippen LogP contribution is 2.41. The molecule has 220 valence electrons. The molecule has 0 bridgehead atoms. The van der Waals surface area contributed by atoms with Crippen molar-refractivity contribution in [3.8, 4) is 28.8 Å². The summed E-state index contributed by atoms with van der Waals surface area (Å²) in [5.41, 5.74) is 3.40. The number of benzene rings is 1. The van der Waals surface area contributed by atoms with E-state index >= 15 is 0 Å². The van der Waals surface area contributed by atoms with E-state index in [4.69, 9.17) is 37.7 Å². The Balaban J connectivity index is 0.00000353. The van der Waals surface area contributed by atoms with Gasteiger partial charge in [-0.25, -0.2) is 4.98 Å². The number of nitrogens with zero attached hydrogens (tertiary/aromatic N) is 5. The third-order valence-electron chi connectivity index (χ3n) is 8.13. The SMILES string of the molecule is CCC1(NCC2CC2)CN(c2ncc(-c3n[nH]c4cc(OC)c(O[C@H](C)c5c(Cl)cncc5Cl)cc34)cc2C#N)C1.Cl. The van der Waals surface area contributed by atoms with Crippen LogP contribution in [-0.4, -0.2) is 52.4 Å². The smallest absolute Gasteiger partial charge is 0.162 e. The third-order valence-corrected chi connectivity index (χ3v) is 8.74. The van der Waals surface area contributed by atoms with Crippen molar-refractivity contribution in [1.29, 1.82) is 5.26 Å². The highest BCUT2D eigenvalue weighted by molar-refractivity contribution is 6.35. The van der Waals surface area contributed by atoms with Gasteiger partial charge in [-0.05, 0) is 50.8 Å². The minimum Gasteiger partial charge on any atom is -0.493 e. The minimum atomic E-state index is -0.476. The molecule has 2 aliphatic rings. The highest BCUT2D eigenvalue weighted by Gasteiger charge is 2.43. The highest BCUT2D eigenvalue weighted by atomic mass is 35.5. The Labute approximate surface area is 260 Å². The van der Waals surface area contributed by atoms with Crippen molar-refractivity contribution in [2.45, 2.75) is 44.8 Å². The van der Waals surface area contributed by atoms with Crippen LogP contribution in [0.1, 0.15) is 50.3 Å². The van der Waals surface area contributed by atoms with Gasteiger partial charge < -0.3 is 19.7 Å². The molecule has 42 heavy (non-hydrogen) atoms. The van der Waals surface area contributed by atoms with Gasteiger partial charge in [-0.15, -0.1) is 12.4 Å². The van der Waals surface area contributed by atoms with Crippen LogP contribution in [0.4, 0.5) is 5.82 Å². The second-order valence-electron chi connectivity index (χ2n) is 10.9. The Hall–Kier alpha value is -3.29. The van der Waals surface area contributed by atoms with Crippen LogP contribution in [-0.2, 0) is 0 Å². The average molecular weight is 629 g/mol. The van der Waals surface area contributed by atoms with Crippen LogP contribution in [0, 0.1) is 17.2 Å². The van der Waals surface area contributed by atoms with Crippen molar-refractivity contribution >= 4 is 52.3 Å². The molecule has 1 atom stereocenters. The molecule has 3 aromatic heterocycles. The molecule has 1 aliphatic heterocycles. The maximum absolute atomic E-state index is 10.0. The standard InChI is InChI=1S/C30H31Cl2N7O2.ClH/c1-4-30(36-11-18-5-6-18)15-39(16-30)29-19(10-33)7-20(12-35-29)28-21-8-26(25(40-3)9-24(21)37-38-28)41-17(2)27-22(31)13-34-14-23(27)32;/h7-9,12-14,17-18,36H,4-6,11,15-16H2,1-3H3,(H,37,38);1H/t17-;/m1./s1. The third kappa shape index (κ3) is 5.69. The Morgan fingerprint density at radius 3 is 2.55 bits per heavy atom. The van der Waals surface area contributed by atoms with Crippen LogP contribution in [0.5, 0.6) is 11.5 Å². The number of nitrogens with one attached hydrogen (secondary N) is 2. The lowest BCUT2D eigenvalue weighted by molar-refractivity contribution is 0.216. The number of nitriles is 1. The molecule has 2 fully saturated rings. The molecule has 0 radical (unpaired) electrons. The lowest BCUT2D eigenvalue weighted by atomic mass is 9.86. The number of hydrogen-bond donors (Lipinski definition) is 2. The van der Waals surface area contributed by atoms with Crippen molar-refractivity contribution in [1.82, 2.24) is 25.5 Å². The van der Waals surface area contributed by atoms with Gasteiger partial charge in [0.25, 0.3) is 0 Å². The van der Waals surface area contributed by atoms with Crippen molar-refractivity contribution in [3.63, 3.8) is 0 Å². The second kappa shape index (κ2) is 12.1. The van der Waals surface area contributed by atoms with E-state index in [0.717, 1.165) is 48.4 Å². The van der Waals surface area contributed by atoms with Gasteiger partial charge >= 0.3 is 0 Å². The van der Waals surface area contributed by atoms with Crippen LogP contribution in [0.25, 0.3) is 22.2 Å². The molecular formula is C30H32Cl3N7O2. The quantitative estimate of drug-likeness (QED) is 0.199. The molecular weight excluding hydrogens is 597 g/mol. The van der Waals surface area contributed by atoms with Crippen LogP contribution in [0.3, 0.4) is 0 Å². The molecule has 1 aliphatic carbocycles. The monoisotopic (exact) mass is 627 g/mol. The summed E-state index contributed by atoms with van der Waals surface area (Å²) in [4.78, 5) is 10.9. The van der Waals surface area contributed by atoms with Gasteiger partial charge in [-0.2, -0.15) is 10.4 Å². The minimum absolute atomic E-state index is 0. The number of aromatic amines is 1. The van der Waals surface area contributed by atoms with Gasteiger partial charge in [0.1, 0.15) is 23.7 Å². The van der Waals surface area contributed by atoms with Gasteiger partial charge in [0.05, 0.1) is 33.8 Å². The Morgan fingerprint density at radius 1 is 1.17 bits per heavy atom. The first-order valence-electron chi connectivity index (χ1n) is 13.8. The van der Waals surface area contributed by atoms with Crippen molar-refractivity contribution in [2.24, 2.45) is 5.92 Å². The number of H-pyrrole nitrogens is 1. The van der Waals surface area contributed by atoms with E-state index in [1.54, 1.807) is 13.3 Å². The summed E-state index contributed by atoms with van der Waals surface area (Å²) in [6.45, 7) is 6.83. The summed E-state index contributed by atoms with van der Waals surface area (Å²) in [6, 6.07) is 7.89. The van der Waals surface area contributed by atoms with E-state index in [-0.39, 0.29) is 17.9 Å². The Bertz CT molecular complexity index is 1620. The molecule has 1 saturated carbocycles. The van der Waals surface area contributed by atoms with E-state index in [1.165, 1.54) is 25.2 Å². The summed E-state index contributed by atoms with van der Waals surface area (Å²) in [5, 5.41) is 23.1. The number of rotatable bonds is 10. The van der Waals surface area contributed by atoms with Gasteiger partial charge in [0.15, 0.2) is 11.5 Å². The van der Waals surface area contributed by atoms with Gasteiger partial charge in [-0.1, -0.05) is 30.1 Å². The van der Waals surface area contributed by atoms with Crippen molar-refractivity contribution in [3.05, 3.63) is 58.0 Å². The number of halogens is 3. The van der Waals surface area contributed by atoms with E-state index < -0.39 is 6.10 Å². The largest absolute Gasteiger partial charge is 0.493 e. The lowest BCUT2D eigenvalue weighted by Gasteiger charge is -2.51. The molecule has 1 saturated heterocycles. The number of methoxy groups -OCH3 is 1. The zero-order valence-electron chi connectivity index (χ0n) is 23.6. The number of fused-ring (bicyclic) bond motifs is 1. The summed E-state index contributed by atoms with van der Waals surface area (Å²) in [6.07, 6.45) is 8.07. The molecule has 0 spiro atoms. The lowest BCUT2D eigenvalue weighted by Crippen LogP contribution is -2.69. The first kappa shape index (κ1) is 30.2. The fourth-order valence-electron chi connectivity index (χ4n) is 5.45. The number of anilines is 1. The van der Waals surface area contributed by atoms with E-state index in [9.17, 15) is 5.26 Å². The van der Waals surface area contributed by atoms with Crippen LogP contribution in [0.2, 0.25) is 10.0 Å². The van der Waals surface area contributed by atoms with E-state index in [2.05, 4.69) is 38.4 Å². The van der Waals surface area contributed by atoms with Crippen molar-refractivity contribution in [2.75, 3.05) is 31.6 Å². The number of pyridine rings is 2. The topological polar surface area (TPSA) is 112 Å². The summed E-state index contributed by atoms with van der Waals surface area (Å²) < 4.78 is 11.9. The Kier molecular flexibility index (Phi) is 8.72. The average Bonchev–Trinajstić information content (AvgIpc) is 3.69. The molecule has 9 nitrogen and oxygen atoms in total. The first-order valence-corrected chi connectivity index (χ1v) is 14.5. The number of hydrogen-bond acceptors (Lipinski definition) is 8. The zero-order chi connectivity index (χ0) is 28.7. The number of aromatic nitrogens is 4. The zero-order valence-corrected chi connectivity index (χ0v) is 25.9. The summed E-state index contributed by atoms with van der Waals surface area (Å²) >= 11 is 12.7. The molecule has 4 heterocycles. The first-order chi connectivity index (χ1) is 19.8. The van der Waals surface area contributed by atoms with Gasteiger partial charge in [-0.3, -0.25) is 10.1 Å². The van der Waals surface area contributed by atoms with Crippen LogP contribution in [0.15, 0.2) is 36.8 Å². The van der Waals surface area contributed by atoms with Gasteiger partial charge in [0.2, 0.25) is 0 Å². The van der Waals surface area contributed by atoms with E-state index in [1.807, 2.05) is 25.1 Å². The predicted octanol–water partition coefficient (Wildman–Crippen LogP) is 6.74. The molecule has 4 aromatic rings. The second-order valence-corrected chi connectivity index (χ2v) is 11.7. The predicted molar refractivity (Wildman–Crippen MR) is 167 cm³/mol. The molecule has 6 rings (SSSR count). The number of ether oxygens (including phenoxy) is 2. The van der Waals surface area contributed by atoms with Crippen molar-refractivity contribution < 1.29 is 9.47 Å². The van der Waals surface area contributed by atoms with Crippen LogP contribution >= 0.6 is 35.6 Å². The molecule has 12 heteroatoms. The molecule has 2 N–H and O–H groups in total. The Morgan fingerprint density at radius 2 is 1.90 bits per heavy atom. The van der Waals surface area contributed by atoms with Crippen LogP contribution < -0.4 is 19.7 Å². The summed E-state index contributed by atoms with van der Waals surface area (Å²) in [5.74, 6) is 2.56. The maximum atomic E-state index is 10.0. The maximum Gasteiger partial charge on any atom is 0.162 e. The molecule has 0 amide bonds. The normalized spacial score (nSPS) is 16.3. The van der Waals surface area contributed by atoms with Gasteiger partial charge in [0, 0.05) is 54.3 Å².